The molecule has 0 atom stereocenters. The molecule has 1 aromatic carbocycles. The van der Waals surface area contributed by atoms with Crippen molar-refractivity contribution < 1.29 is 13.3 Å². The Morgan fingerprint density at radius 1 is 1.40 bits per heavy atom. The largest absolute Gasteiger partial charge is 0.270 e. The number of non-ortho nitro benzene ring substituents is 1. The topological polar surface area (TPSA) is 77.3 Å². The van der Waals surface area contributed by atoms with Crippen molar-refractivity contribution in [3.05, 3.63) is 45.4 Å². The van der Waals surface area contributed by atoms with Gasteiger partial charge in [0.2, 0.25) is 0 Å². The molecule has 0 aromatic heterocycles. The summed E-state index contributed by atoms with van der Waals surface area (Å²) >= 11 is 0. The zero-order valence-corrected chi connectivity index (χ0v) is 8.77. The van der Waals surface area contributed by atoms with Gasteiger partial charge in [-0.2, -0.15) is 0 Å². The second kappa shape index (κ2) is 4.22. The van der Waals surface area contributed by atoms with Crippen molar-refractivity contribution in [2.45, 2.75) is 0 Å². The highest BCUT2D eigenvalue weighted by molar-refractivity contribution is 7.93. The van der Waals surface area contributed by atoms with Crippen LogP contribution in [0.15, 0.2) is 29.7 Å². The number of nitrogens with zero attached hydrogens (tertiary/aromatic N) is 1. The summed E-state index contributed by atoms with van der Waals surface area (Å²) in [6.07, 6.45) is 2.38. The van der Waals surface area contributed by atoms with E-state index < -0.39 is 14.8 Å². The normalized spacial score (nSPS) is 11.8. The Kier molecular flexibility index (Phi) is 3.21. The second-order valence-electron chi connectivity index (χ2n) is 2.98. The molecule has 1 aromatic rings. The molecule has 0 aliphatic heterocycles. The van der Waals surface area contributed by atoms with Gasteiger partial charge >= 0.3 is 0 Å². The van der Waals surface area contributed by atoms with Crippen molar-refractivity contribution in [2.75, 3.05) is 6.26 Å². The van der Waals surface area contributed by atoms with Crippen LogP contribution in [-0.4, -0.2) is 19.6 Å². The van der Waals surface area contributed by atoms with Gasteiger partial charge in [0.15, 0.2) is 9.84 Å². The first-order valence-corrected chi connectivity index (χ1v) is 5.96. The minimum Gasteiger partial charge on any atom is -0.258 e. The molecule has 80 valence electrons. The lowest BCUT2D eigenvalue weighted by Crippen LogP contribution is -1.89. The molecule has 0 spiro atoms. The minimum atomic E-state index is -3.21. The van der Waals surface area contributed by atoms with E-state index in [9.17, 15) is 18.5 Å². The first-order valence-electron chi connectivity index (χ1n) is 4.01. The van der Waals surface area contributed by atoms with E-state index in [-0.39, 0.29) is 5.69 Å². The highest BCUT2D eigenvalue weighted by atomic mass is 32.2. The highest BCUT2D eigenvalue weighted by Crippen LogP contribution is 2.14. The Labute approximate surface area is 87.1 Å². The third kappa shape index (κ3) is 3.90. The van der Waals surface area contributed by atoms with Gasteiger partial charge in [0.25, 0.3) is 5.69 Å². The van der Waals surface area contributed by atoms with E-state index in [0.717, 1.165) is 11.7 Å². The van der Waals surface area contributed by atoms with Crippen LogP contribution in [0.5, 0.6) is 0 Å². The summed E-state index contributed by atoms with van der Waals surface area (Å²) in [5, 5.41) is 11.4. The number of hydrogen-bond acceptors (Lipinski definition) is 4. The minimum absolute atomic E-state index is 0.0642. The molecule has 0 bridgehead atoms. The summed E-state index contributed by atoms with van der Waals surface area (Å²) in [6, 6.07) is 5.74. The second-order valence-corrected chi connectivity index (χ2v) is 4.92. The number of sulfone groups is 1. The van der Waals surface area contributed by atoms with E-state index >= 15 is 0 Å². The van der Waals surface area contributed by atoms with Gasteiger partial charge in [0.1, 0.15) is 0 Å². The Morgan fingerprint density at radius 3 is 2.60 bits per heavy atom. The maximum Gasteiger partial charge on any atom is 0.270 e. The van der Waals surface area contributed by atoms with E-state index in [0.29, 0.717) is 5.56 Å². The molecule has 0 saturated carbocycles. The molecule has 0 fully saturated rings. The van der Waals surface area contributed by atoms with E-state index in [1.54, 1.807) is 6.07 Å². The van der Waals surface area contributed by atoms with Crippen LogP contribution < -0.4 is 0 Å². The van der Waals surface area contributed by atoms with Gasteiger partial charge in [0.05, 0.1) is 4.92 Å². The van der Waals surface area contributed by atoms with Gasteiger partial charge in [-0.15, -0.1) is 0 Å². The number of rotatable bonds is 3. The van der Waals surface area contributed by atoms with Crippen molar-refractivity contribution in [1.82, 2.24) is 0 Å². The maximum atomic E-state index is 10.8. The third-order valence-corrected chi connectivity index (χ3v) is 2.22. The van der Waals surface area contributed by atoms with E-state index in [4.69, 9.17) is 0 Å². The summed E-state index contributed by atoms with van der Waals surface area (Å²) in [4.78, 5) is 9.89. The van der Waals surface area contributed by atoms with Crippen molar-refractivity contribution in [3.8, 4) is 0 Å². The molecule has 0 aliphatic rings. The molecule has 6 heteroatoms. The third-order valence-electron chi connectivity index (χ3n) is 1.59. The quantitative estimate of drug-likeness (QED) is 0.580. The number of hydrogen-bond donors (Lipinski definition) is 0. The van der Waals surface area contributed by atoms with E-state index in [2.05, 4.69) is 0 Å². The fourth-order valence-corrected chi connectivity index (χ4v) is 1.35. The zero-order valence-electron chi connectivity index (χ0n) is 7.95. The fourth-order valence-electron chi connectivity index (χ4n) is 0.944. The molecule has 0 amide bonds. The van der Waals surface area contributed by atoms with Gasteiger partial charge in [-0.1, -0.05) is 12.1 Å². The summed E-state index contributed by atoms with van der Waals surface area (Å²) in [5.74, 6) is 0. The molecule has 0 saturated heterocycles. The number of nitro benzene ring substituents is 1. The predicted molar refractivity (Wildman–Crippen MR) is 57.0 cm³/mol. The smallest absolute Gasteiger partial charge is 0.258 e. The predicted octanol–water partition coefficient (Wildman–Crippen LogP) is 1.61. The van der Waals surface area contributed by atoms with E-state index in [1.165, 1.54) is 24.3 Å². The van der Waals surface area contributed by atoms with Crippen LogP contribution >= 0.6 is 0 Å². The van der Waals surface area contributed by atoms with Gasteiger partial charge in [-0.25, -0.2) is 8.42 Å². The fraction of sp³-hybridized carbons (Fsp3) is 0.111. The molecular weight excluding hydrogens is 218 g/mol. The molecule has 0 N–H and O–H groups in total. The first kappa shape index (κ1) is 11.4. The molecule has 5 nitrogen and oxygen atoms in total. The van der Waals surface area contributed by atoms with Crippen molar-refractivity contribution in [2.24, 2.45) is 0 Å². The first-order chi connectivity index (χ1) is 6.88. The average molecular weight is 227 g/mol. The molecule has 15 heavy (non-hydrogen) atoms. The molecule has 0 unspecified atom stereocenters. The van der Waals surface area contributed by atoms with Crippen LogP contribution in [0.1, 0.15) is 5.56 Å². The summed E-state index contributed by atoms with van der Waals surface area (Å²) in [7, 11) is -3.21. The van der Waals surface area contributed by atoms with Crippen molar-refractivity contribution >= 4 is 21.6 Å². The monoisotopic (exact) mass is 227 g/mol. The average Bonchev–Trinajstić information content (AvgIpc) is 2.14. The van der Waals surface area contributed by atoms with Crippen LogP contribution in [0.25, 0.3) is 6.08 Å². The standard InChI is InChI=1S/C9H9NO4S/c1-15(13,14)6-5-8-3-2-4-9(7-8)10(11)12/h2-7H,1H3/b6-5+. The van der Waals surface area contributed by atoms with Crippen LogP contribution in [-0.2, 0) is 9.84 Å². The zero-order chi connectivity index (χ0) is 11.5. The molecule has 0 radical (unpaired) electrons. The lowest BCUT2D eigenvalue weighted by molar-refractivity contribution is -0.384. The van der Waals surface area contributed by atoms with Crippen LogP contribution in [0.4, 0.5) is 5.69 Å². The molecule has 1 rings (SSSR count). The van der Waals surface area contributed by atoms with Crippen molar-refractivity contribution in [3.63, 3.8) is 0 Å². The Hall–Kier alpha value is -1.69. The maximum absolute atomic E-state index is 10.8. The summed E-state index contributed by atoms with van der Waals surface area (Å²) in [5.41, 5.74) is 0.417. The van der Waals surface area contributed by atoms with Crippen LogP contribution in [0.3, 0.4) is 0 Å². The van der Waals surface area contributed by atoms with E-state index in [1.807, 2.05) is 0 Å². The van der Waals surface area contributed by atoms with Gasteiger partial charge in [0, 0.05) is 23.8 Å². The van der Waals surface area contributed by atoms with Crippen LogP contribution in [0.2, 0.25) is 0 Å². The Bertz CT molecular complexity index is 505. The lowest BCUT2D eigenvalue weighted by atomic mass is 10.2. The molecule has 0 aliphatic carbocycles. The Balaban J connectivity index is 3.02. The SMILES string of the molecule is CS(=O)(=O)/C=C/c1cccc([N+](=O)[O-])c1. The number of benzene rings is 1. The summed E-state index contributed by atoms with van der Waals surface area (Å²) in [6.45, 7) is 0. The molecule has 0 heterocycles. The van der Waals surface area contributed by atoms with Gasteiger partial charge < -0.3 is 0 Å². The van der Waals surface area contributed by atoms with Crippen LogP contribution in [0, 0.1) is 10.1 Å². The molecular formula is C9H9NO4S. The van der Waals surface area contributed by atoms with Gasteiger partial charge in [-0.05, 0) is 11.6 Å². The number of nitro groups is 1. The summed E-state index contributed by atoms with van der Waals surface area (Å²) < 4.78 is 21.6. The highest BCUT2D eigenvalue weighted by Gasteiger charge is 2.03. The van der Waals surface area contributed by atoms with Crippen molar-refractivity contribution in [1.29, 1.82) is 0 Å². The lowest BCUT2D eigenvalue weighted by Gasteiger charge is -1.93. The van der Waals surface area contributed by atoms with Gasteiger partial charge in [-0.3, -0.25) is 10.1 Å². The Morgan fingerprint density at radius 2 is 2.07 bits per heavy atom.